The number of hydrogen-bond donors (Lipinski definition) is 2. The Balaban J connectivity index is 0.000000360. The monoisotopic (exact) mass is 454 g/mol. The topological polar surface area (TPSA) is 92.0 Å². The van der Waals surface area contributed by atoms with Crippen LogP contribution in [0.2, 0.25) is 0 Å². The molecule has 2 aromatic rings. The summed E-state index contributed by atoms with van der Waals surface area (Å²) in [4.78, 5) is 23.7. The van der Waals surface area contributed by atoms with Gasteiger partial charge in [0.25, 0.3) is 5.91 Å². The van der Waals surface area contributed by atoms with Gasteiger partial charge in [-0.25, -0.2) is 4.79 Å². The average Bonchev–Trinajstić information content (AvgIpc) is 3.43. The summed E-state index contributed by atoms with van der Waals surface area (Å²) in [5.41, 5.74) is 1.92. The number of nitrogens with one attached hydrogen (secondary N) is 1. The highest BCUT2D eigenvalue weighted by Crippen LogP contribution is 2.35. The Morgan fingerprint density at radius 3 is 2.50 bits per heavy atom. The lowest BCUT2D eigenvalue weighted by Gasteiger charge is -2.39. The summed E-state index contributed by atoms with van der Waals surface area (Å²) in [5.74, 6) is -2.38. The third-order valence-electron chi connectivity index (χ3n) is 5.60. The van der Waals surface area contributed by atoms with Gasteiger partial charge in [0.2, 0.25) is 0 Å². The lowest BCUT2D eigenvalue weighted by Crippen LogP contribution is -2.50. The van der Waals surface area contributed by atoms with Crippen LogP contribution in [0.15, 0.2) is 53.3 Å². The number of benzene rings is 1. The summed E-state index contributed by atoms with van der Waals surface area (Å²) >= 11 is 0. The lowest BCUT2D eigenvalue weighted by molar-refractivity contribution is -0.192. The number of carboxylic acid groups (broad SMARTS) is 1. The molecule has 4 rings (SSSR count). The SMILES string of the molecule is O=C(NCC1CCC2C1OCCN2Cc1ccoc1)c1ccccc1.O=C(O)C(F)(F)F. The highest BCUT2D eigenvalue weighted by Gasteiger charge is 2.42. The first-order chi connectivity index (χ1) is 15.3. The van der Waals surface area contributed by atoms with Gasteiger partial charge in [0.05, 0.1) is 25.2 Å². The number of hydrogen-bond acceptors (Lipinski definition) is 5. The van der Waals surface area contributed by atoms with Crippen molar-refractivity contribution in [1.82, 2.24) is 10.2 Å². The molecule has 32 heavy (non-hydrogen) atoms. The van der Waals surface area contributed by atoms with E-state index in [2.05, 4.69) is 10.2 Å². The molecule has 10 heteroatoms. The van der Waals surface area contributed by atoms with Gasteiger partial charge in [-0.3, -0.25) is 9.69 Å². The van der Waals surface area contributed by atoms with Gasteiger partial charge in [-0.2, -0.15) is 13.2 Å². The van der Waals surface area contributed by atoms with Crippen molar-refractivity contribution >= 4 is 11.9 Å². The first-order valence-corrected chi connectivity index (χ1v) is 10.3. The van der Waals surface area contributed by atoms with Crippen molar-refractivity contribution in [2.24, 2.45) is 5.92 Å². The second kappa shape index (κ2) is 10.6. The molecule has 1 saturated carbocycles. The molecular weight excluding hydrogens is 429 g/mol. The van der Waals surface area contributed by atoms with Crippen LogP contribution < -0.4 is 5.32 Å². The number of carbonyl (C=O) groups excluding carboxylic acids is 1. The van der Waals surface area contributed by atoms with Crippen LogP contribution in [-0.2, 0) is 16.1 Å². The Kier molecular flexibility index (Phi) is 7.92. The number of nitrogens with zero attached hydrogens (tertiary/aromatic N) is 1. The number of carbonyl (C=O) groups is 2. The van der Waals surface area contributed by atoms with Gasteiger partial charge < -0.3 is 19.6 Å². The highest BCUT2D eigenvalue weighted by molar-refractivity contribution is 5.94. The Hall–Kier alpha value is -2.85. The van der Waals surface area contributed by atoms with E-state index in [1.54, 1.807) is 6.26 Å². The minimum Gasteiger partial charge on any atom is -0.475 e. The maximum absolute atomic E-state index is 12.3. The number of ether oxygens (including phenoxy) is 1. The second-order valence-corrected chi connectivity index (χ2v) is 7.72. The van der Waals surface area contributed by atoms with Gasteiger partial charge in [-0.1, -0.05) is 18.2 Å². The molecule has 2 aliphatic rings. The van der Waals surface area contributed by atoms with Gasteiger partial charge in [0.1, 0.15) is 0 Å². The van der Waals surface area contributed by atoms with E-state index in [0.717, 1.165) is 32.5 Å². The van der Waals surface area contributed by atoms with E-state index in [0.29, 0.717) is 24.1 Å². The van der Waals surface area contributed by atoms with Crippen LogP contribution in [0.4, 0.5) is 13.2 Å². The van der Waals surface area contributed by atoms with Crippen LogP contribution >= 0.6 is 0 Å². The highest BCUT2D eigenvalue weighted by atomic mass is 19.4. The zero-order valence-electron chi connectivity index (χ0n) is 17.3. The molecular formula is C22H25F3N2O5. The molecule has 0 bridgehead atoms. The fourth-order valence-corrected chi connectivity index (χ4v) is 4.08. The van der Waals surface area contributed by atoms with Crippen molar-refractivity contribution < 1.29 is 37.0 Å². The molecule has 0 radical (unpaired) electrons. The fourth-order valence-electron chi connectivity index (χ4n) is 4.08. The van der Waals surface area contributed by atoms with Crippen LogP contribution in [-0.4, -0.2) is 59.9 Å². The summed E-state index contributed by atoms with van der Waals surface area (Å²) in [6.07, 6.45) is 0.873. The minimum absolute atomic E-state index is 0.00453. The Morgan fingerprint density at radius 1 is 1.16 bits per heavy atom. The third kappa shape index (κ3) is 6.33. The summed E-state index contributed by atoms with van der Waals surface area (Å²) in [7, 11) is 0. The zero-order chi connectivity index (χ0) is 23.1. The first-order valence-electron chi connectivity index (χ1n) is 10.3. The summed E-state index contributed by atoms with van der Waals surface area (Å²) in [6.45, 7) is 3.29. The molecule has 1 aliphatic heterocycles. The molecule has 1 aliphatic carbocycles. The summed E-state index contributed by atoms with van der Waals surface area (Å²) in [5, 5.41) is 10.2. The van der Waals surface area contributed by atoms with E-state index in [9.17, 15) is 18.0 Å². The molecule has 1 saturated heterocycles. The van der Waals surface area contributed by atoms with Gasteiger partial charge in [0.15, 0.2) is 0 Å². The molecule has 0 spiro atoms. The molecule has 3 unspecified atom stereocenters. The fraction of sp³-hybridized carbons (Fsp3) is 0.455. The lowest BCUT2D eigenvalue weighted by atomic mass is 10.0. The van der Waals surface area contributed by atoms with Crippen molar-refractivity contribution in [1.29, 1.82) is 0 Å². The van der Waals surface area contributed by atoms with E-state index < -0.39 is 12.1 Å². The molecule has 1 aromatic heterocycles. The number of rotatable bonds is 5. The van der Waals surface area contributed by atoms with Crippen LogP contribution in [0.5, 0.6) is 0 Å². The largest absolute Gasteiger partial charge is 0.490 e. The van der Waals surface area contributed by atoms with Crippen LogP contribution in [0.1, 0.15) is 28.8 Å². The Morgan fingerprint density at radius 2 is 1.88 bits per heavy atom. The second-order valence-electron chi connectivity index (χ2n) is 7.72. The quantitative estimate of drug-likeness (QED) is 0.720. The molecule has 1 aromatic carbocycles. The zero-order valence-corrected chi connectivity index (χ0v) is 17.3. The van der Waals surface area contributed by atoms with Crippen molar-refractivity contribution in [3.63, 3.8) is 0 Å². The van der Waals surface area contributed by atoms with E-state index in [-0.39, 0.29) is 12.0 Å². The third-order valence-corrected chi connectivity index (χ3v) is 5.60. The number of carboxylic acids is 1. The average molecular weight is 454 g/mol. The van der Waals surface area contributed by atoms with Crippen LogP contribution in [0.25, 0.3) is 0 Å². The van der Waals surface area contributed by atoms with Crippen LogP contribution in [0, 0.1) is 5.92 Å². The van der Waals surface area contributed by atoms with E-state index in [1.807, 2.05) is 42.7 Å². The summed E-state index contributed by atoms with van der Waals surface area (Å²) < 4.78 is 43.0. The maximum Gasteiger partial charge on any atom is 0.490 e. The number of morpholine rings is 1. The molecule has 1 amide bonds. The van der Waals surface area contributed by atoms with Crippen molar-refractivity contribution in [3.8, 4) is 0 Å². The number of aliphatic carboxylic acids is 1. The number of halogens is 3. The molecule has 2 fully saturated rings. The number of alkyl halides is 3. The smallest absolute Gasteiger partial charge is 0.475 e. The van der Waals surface area contributed by atoms with Crippen molar-refractivity contribution in [2.45, 2.75) is 37.7 Å². The van der Waals surface area contributed by atoms with Gasteiger partial charge in [-0.15, -0.1) is 0 Å². The molecule has 174 valence electrons. The molecule has 7 nitrogen and oxygen atoms in total. The number of amides is 1. The van der Waals surface area contributed by atoms with Crippen LogP contribution in [0.3, 0.4) is 0 Å². The Labute approximate surface area is 183 Å². The number of fused-ring (bicyclic) bond motifs is 1. The first kappa shape index (κ1) is 23.8. The molecule has 3 atom stereocenters. The van der Waals surface area contributed by atoms with Crippen molar-refractivity contribution in [3.05, 3.63) is 60.1 Å². The van der Waals surface area contributed by atoms with Gasteiger partial charge in [-0.05, 0) is 31.0 Å². The normalized spacial score (nSPS) is 23.0. The van der Waals surface area contributed by atoms with E-state index in [1.165, 1.54) is 5.56 Å². The standard InChI is InChI=1S/C20H24N2O3.C2HF3O2/c23-20(16-4-2-1-3-5-16)21-12-17-6-7-18-19(17)25-11-9-22(18)13-15-8-10-24-14-15;3-2(4,5)1(6)7/h1-5,8,10,14,17-19H,6-7,9,11-13H2,(H,21,23);(H,6,7). The van der Waals surface area contributed by atoms with Gasteiger partial charge in [0, 0.05) is 42.7 Å². The Bertz CT molecular complexity index is 873. The van der Waals surface area contributed by atoms with Crippen molar-refractivity contribution in [2.75, 3.05) is 19.7 Å². The van der Waals surface area contributed by atoms with E-state index in [4.69, 9.17) is 19.1 Å². The minimum atomic E-state index is -5.08. The predicted octanol–water partition coefficient (Wildman–Crippen LogP) is 3.32. The number of furan rings is 1. The molecule has 2 heterocycles. The van der Waals surface area contributed by atoms with Gasteiger partial charge >= 0.3 is 12.1 Å². The van der Waals surface area contributed by atoms with E-state index >= 15 is 0 Å². The maximum atomic E-state index is 12.3. The predicted molar refractivity (Wildman–Crippen MR) is 108 cm³/mol. The summed E-state index contributed by atoms with van der Waals surface area (Å²) in [6, 6.07) is 11.8. The molecule has 2 N–H and O–H groups in total.